The molecule has 10 heteroatoms. The Labute approximate surface area is 277 Å². The number of nitrogens with one attached hydrogen (secondary N) is 2. The van der Waals surface area contributed by atoms with Crippen LogP contribution in [0.15, 0.2) is 72.8 Å². The van der Waals surface area contributed by atoms with Crippen molar-refractivity contribution in [3.63, 3.8) is 0 Å². The number of esters is 1. The van der Waals surface area contributed by atoms with E-state index in [4.69, 9.17) is 13.9 Å². The van der Waals surface area contributed by atoms with Crippen LogP contribution in [-0.2, 0) is 43.4 Å². The fourth-order valence-corrected chi connectivity index (χ4v) is 6.66. The molecule has 0 saturated carbocycles. The first-order valence-corrected chi connectivity index (χ1v) is 20.6. The minimum atomic E-state index is -3.57. The molecule has 3 aromatic carbocycles. The first kappa shape index (κ1) is 37.3. The Kier molecular flexibility index (Phi) is 12.6. The van der Waals surface area contributed by atoms with Crippen molar-refractivity contribution >= 4 is 30.0 Å². The number of rotatable bonds is 16. The van der Waals surface area contributed by atoms with Crippen LogP contribution in [-0.4, -0.2) is 47.7 Å². The first-order valence-electron chi connectivity index (χ1n) is 15.8. The number of hydrogen-bond acceptors (Lipinski definition) is 7. The molecule has 0 saturated heterocycles. The average Bonchev–Trinajstić information content (AvgIpc) is 2.94. The SMILES string of the molecule is CCOC(=O)Cc1cccc(CC(C)(C)NC[C@@H](O[Si](C)(C)C(C)(C)C)c2ccc(OCc3ccccc3)c(NS(C)(=O)=O)c2)c1. The second-order valence-corrected chi connectivity index (χ2v) is 20.5. The summed E-state index contributed by atoms with van der Waals surface area (Å²) in [4.78, 5) is 12.0. The predicted molar refractivity (Wildman–Crippen MR) is 189 cm³/mol. The van der Waals surface area contributed by atoms with E-state index in [9.17, 15) is 13.2 Å². The summed E-state index contributed by atoms with van der Waals surface area (Å²) in [7, 11) is -5.82. The quantitative estimate of drug-likeness (QED) is 0.121. The third-order valence-electron chi connectivity index (χ3n) is 8.21. The van der Waals surface area contributed by atoms with Gasteiger partial charge in [-0.1, -0.05) is 81.4 Å². The number of benzene rings is 3. The summed E-state index contributed by atoms with van der Waals surface area (Å²) in [5, 5.41) is 3.69. The molecule has 2 N–H and O–H groups in total. The zero-order valence-corrected chi connectivity index (χ0v) is 30.7. The zero-order valence-electron chi connectivity index (χ0n) is 28.9. The van der Waals surface area contributed by atoms with E-state index < -0.39 is 18.3 Å². The number of sulfonamides is 1. The van der Waals surface area contributed by atoms with Gasteiger partial charge in [-0.15, -0.1) is 0 Å². The largest absolute Gasteiger partial charge is 0.487 e. The van der Waals surface area contributed by atoms with E-state index in [0.717, 1.165) is 34.9 Å². The minimum Gasteiger partial charge on any atom is -0.487 e. The number of hydrogen-bond donors (Lipinski definition) is 2. The fraction of sp³-hybridized carbons (Fsp3) is 0.472. The predicted octanol–water partition coefficient (Wildman–Crippen LogP) is 7.42. The topological polar surface area (TPSA) is 103 Å². The van der Waals surface area contributed by atoms with Crippen molar-refractivity contribution in [3.8, 4) is 5.75 Å². The molecular weight excluding hydrogens is 617 g/mol. The first-order chi connectivity index (χ1) is 21.4. The molecule has 0 heterocycles. The van der Waals surface area contributed by atoms with Crippen LogP contribution < -0.4 is 14.8 Å². The van der Waals surface area contributed by atoms with Crippen LogP contribution >= 0.6 is 0 Å². The van der Waals surface area contributed by atoms with E-state index in [0.29, 0.717) is 31.2 Å². The highest BCUT2D eigenvalue weighted by Gasteiger charge is 2.40. The van der Waals surface area contributed by atoms with Gasteiger partial charge in [0.15, 0.2) is 8.32 Å². The zero-order chi connectivity index (χ0) is 34.2. The van der Waals surface area contributed by atoms with Crippen molar-refractivity contribution in [1.29, 1.82) is 0 Å². The van der Waals surface area contributed by atoms with E-state index >= 15 is 0 Å². The van der Waals surface area contributed by atoms with E-state index in [-0.39, 0.29) is 29.1 Å². The Balaban J connectivity index is 1.88. The van der Waals surface area contributed by atoms with Gasteiger partial charge in [-0.3, -0.25) is 9.52 Å². The van der Waals surface area contributed by atoms with E-state index in [1.807, 2.05) is 67.6 Å². The number of ether oxygens (including phenoxy) is 2. The maximum Gasteiger partial charge on any atom is 0.310 e. The van der Waals surface area contributed by atoms with Gasteiger partial charge in [0.2, 0.25) is 10.0 Å². The lowest BCUT2D eigenvalue weighted by atomic mass is 9.93. The molecule has 3 aromatic rings. The Hall–Kier alpha value is -3.18. The van der Waals surface area contributed by atoms with Gasteiger partial charge in [-0.2, -0.15) is 0 Å². The molecule has 0 aromatic heterocycles. The van der Waals surface area contributed by atoms with Crippen LogP contribution in [0.25, 0.3) is 0 Å². The van der Waals surface area contributed by atoms with Gasteiger partial charge < -0.3 is 19.2 Å². The fourth-order valence-electron chi connectivity index (χ4n) is 4.82. The van der Waals surface area contributed by atoms with Crippen LogP contribution in [0.2, 0.25) is 18.1 Å². The molecular formula is C36H52N2O6SSi. The second kappa shape index (κ2) is 15.6. The summed E-state index contributed by atoms with van der Waals surface area (Å²) in [5.41, 5.74) is 3.92. The average molecular weight is 669 g/mol. The lowest BCUT2D eigenvalue weighted by Crippen LogP contribution is -2.47. The Bertz CT molecular complexity index is 1550. The summed E-state index contributed by atoms with van der Waals surface area (Å²) in [6, 6.07) is 23.4. The molecule has 0 aliphatic heterocycles. The van der Waals surface area contributed by atoms with Crippen LogP contribution in [0.3, 0.4) is 0 Å². The van der Waals surface area contributed by atoms with Gasteiger partial charge in [-0.25, -0.2) is 8.42 Å². The number of carbonyl (C=O) groups excluding carboxylic acids is 1. The van der Waals surface area contributed by atoms with E-state index in [1.54, 1.807) is 0 Å². The maximum absolute atomic E-state index is 12.4. The molecule has 1 atom stereocenters. The summed E-state index contributed by atoms with van der Waals surface area (Å²) < 4.78 is 45.6. The Morgan fingerprint density at radius 2 is 1.54 bits per heavy atom. The normalized spacial score (nSPS) is 13.2. The molecule has 0 aliphatic carbocycles. The van der Waals surface area contributed by atoms with E-state index in [2.05, 4.69) is 69.9 Å². The minimum absolute atomic E-state index is 0.0350. The van der Waals surface area contributed by atoms with Gasteiger partial charge in [-0.05, 0) is 79.7 Å². The summed E-state index contributed by atoms with van der Waals surface area (Å²) >= 11 is 0. The van der Waals surface area contributed by atoms with Crippen molar-refractivity contribution in [2.45, 2.75) is 90.8 Å². The van der Waals surface area contributed by atoms with Gasteiger partial charge in [0.25, 0.3) is 0 Å². The summed E-state index contributed by atoms with van der Waals surface area (Å²) in [6.45, 7) is 18.3. The van der Waals surface area contributed by atoms with Crippen LogP contribution in [0.5, 0.6) is 5.75 Å². The smallest absolute Gasteiger partial charge is 0.310 e. The van der Waals surface area contributed by atoms with Gasteiger partial charge >= 0.3 is 5.97 Å². The van der Waals surface area contributed by atoms with Crippen molar-refractivity contribution in [2.75, 3.05) is 24.1 Å². The Morgan fingerprint density at radius 3 is 2.17 bits per heavy atom. The van der Waals surface area contributed by atoms with Gasteiger partial charge in [0.1, 0.15) is 12.4 Å². The molecule has 0 spiro atoms. The lowest BCUT2D eigenvalue weighted by Gasteiger charge is -2.40. The molecule has 0 bridgehead atoms. The summed E-state index contributed by atoms with van der Waals surface area (Å²) in [6.07, 6.45) is 1.76. The number of carbonyl (C=O) groups is 1. The van der Waals surface area contributed by atoms with Crippen LogP contribution in [0.4, 0.5) is 5.69 Å². The van der Waals surface area contributed by atoms with Gasteiger partial charge in [0, 0.05) is 12.1 Å². The van der Waals surface area contributed by atoms with Crippen molar-refractivity contribution in [1.82, 2.24) is 5.32 Å². The van der Waals surface area contributed by atoms with Crippen molar-refractivity contribution in [3.05, 3.63) is 95.1 Å². The molecule has 8 nitrogen and oxygen atoms in total. The molecule has 3 rings (SSSR count). The lowest BCUT2D eigenvalue weighted by molar-refractivity contribution is -0.142. The molecule has 0 fully saturated rings. The third kappa shape index (κ3) is 11.9. The monoisotopic (exact) mass is 668 g/mol. The van der Waals surface area contributed by atoms with Crippen molar-refractivity contribution < 1.29 is 27.1 Å². The highest BCUT2D eigenvalue weighted by molar-refractivity contribution is 7.92. The van der Waals surface area contributed by atoms with Crippen molar-refractivity contribution in [2.24, 2.45) is 0 Å². The van der Waals surface area contributed by atoms with Crippen LogP contribution in [0.1, 0.15) is 69.9 Å². The Morgan fingerprint density at radius 1 is 0.891 bits per heavy atom. The molecule has 0 unspecified atom stereocenters. The summed E-state index contributed by atoms with van der Waals surface area (Å²) in [5.74, 6) is 0.212. The maximum atomic E-state index is 12.4. The van der Waals surface area contributed by atoms with Gasteiger partial charge in [0.05, 0.1) is 31.1 Å². The second-order valence-electron chi connectivity index (χ2n) is 14.0. The van der Waals surface area contributed by atoms with Crippen LogP contribution in [0, 0.1) is 0 Å². The third-order valence-corrected chi connectivity index (χ3v) is 13.3. The highest BCUT2D eigenvalue weighted by atomic mass is 32.2. The van der Waals surface area contributed by atoms with E-state index in [1.165, 1.54) is 0 Å². The molecule has 0 radical (unpaired) electrons. The molecule has 0 aliphatic rings. The molecule has 46 heavy (non-hydrogen) atoms. The standard InChI is InChI=1S/C36H52N2O6SSi/c1-10-42-34(39)22-28-17-14-18-29(21-28)24-36(5,6)37-25-33(44-46(8,9)35(2,3)4)30-19-20-32(31(23-30)38-45(7,40)41)43-26-27-15-12-11-13-16-27/h11-21,23,33,37-38H,10,22,24-26H2,1-9H3/t33-/m1/s1. The molecule has 252 valence electrons. The highest BCUT2D eigenvalue weighted by Crippen LogP contribution is 2.41. The number of anilines is 1. The molecule has 0 amide bonds.